The fraction of sp³-hybridized carbons (Fsp3) is 0.267. The molecule has 2 amide bonds. The molecule has 0 radical (unpaired) electrons. The fourth-order valence-electron chi connectivity index (χ4n) is 2.03. The molecule has 2 aromatic rings. The second-order valence-electron chi connectivity index (χ2n) is 5.07. The van der Waals surface area contributed by atoms with E-state index in [4.69, 9.17) is 0 Å². The van der Waals surface area contributed by atoms with E-state index in [1.807, 2.05) is 6.07 Å². The van der Waals surface area contributed by atoms with Crippen LogP contribution in [0.25, 0.3) is 11.3 Å². The van der Waals surface area contributed by atoms with Crippen molar-refractivity contribution in [2.45, 2.75) is 6.18 Å². The molecule has 0 unspecified atom stereocenters. The Morgan fingerprint density at radius 2 is 1.92 bits per heavy atom. The summed E-state index contributed by atoms with van der Waals surface area (Å²) in [7, 11) is 1.02. The van der Waals surface area contributed by atoms with Gasteiger partial charge in [0.05, 0.1) is 24.0 Å². The average molecular weight is 340 g/mol. The quantitative estimate of drug-likeness (QED) is 0.872. The van der Waals surface area contributed by atoms with Gasteiger partial charge in [0.15, 0.2) is 0 Å². The van der Waals surface area contributed by atoms with Gasteiger partial charge in [-0.05, 0) is 0 Å². The summed E-state index contributed by atoms with van der Waals surface area (Å²) >= 11 is 0. The van der Waals surface area contributed by atoms with Crippen LogP contribution in [0.5, 0.6) is 0 Å². The molecule has 1 aromatic heterocycles. The normalized spacial score (nSPS) is 11.2. The zero-order valence-corrected chi connectivity index (χ0v) is 12.7. The van der Waals surface area contributed by atoms with Crippen LogP contribution < -0.4 is 5.32 Å². The van der Waals surface area contributed by atoms with E-state index in [0.717, 1.165) is 12.6 Å². The molecule has 1 heterocycles. The molecule has 128 valence electrons. The van der Waals surface area contributed by atoms with Crippen LogP contribution >= 0.6 is 0 Å². The van der Waals surface area contributed by atoms with Crippen LogP contribution in [0.2, 0.25) is 0 Å². The lowest BCUT2D eigenvalue weighted by molar-refractivity contribution is -0.157. The Labute approximate surface area is 135 Å². The molecule has 2 N–H and O–H groups in total. The zero-order valence-electron chi connectivity index (χ0n) is 12.7. The van der Waals surface area contributed by atoms with Gasteiger partial charge in [-0.2, -0.15) is 18.3 Å². The number of H-pyrrole nitrogens is 1. The lowest BCUT2D eigenvalue weighted by atomic mass is 10.1. The highest BCUT2D eigenvalue weighted by molar-refractivity contribution is 6.01. The molecule has 2 rings (SSSR count). The molecule has 9 heteroatoms. The van der Waals surface area contributed by atoms with Crippen molar-refractivity contribution in [2.75, 3.05) is 20.1 Å². The molecule has 0 fully saturated rings. The molecule has 0 atom stereocenters. The Bertz CT molecular complexity index is 713. The van der Waals surface area contributed by atoms with Crippen LogP contribution in [-0.2, 0) is 4.79 Å². The number of amides is 2. The summed E-state index contributed by atoms with van der Waals surface area (Å²) in [6.45, 7) is -1.91. The third kappa shape index (κ3) is 4.58. The van der Waals surface area contributed by atoms with E-state index in [0.29, 0.717) is 10.6 Å². The van der Waals surface area contributed by atoms with Gasteiger partial charge in [-0.15, -0.1) is 0 Å². The van der Waals surface area contributed by atoms with Gasteiger partial charge in [0.1, 0.15) is 6.54 Å². The zero-order chi connectivity index (χ0) is 17.7. The molecule has 0 aliphatic heterocycles. The maximum atomic E-state index is 12.2. The maximum Gasteiger partial charge on any atom is 0.406 e. The van der Waals surface area contributed by atoms with E-state index >= 15 is 0 Å². The van der Waals surface area contributed by atoms with Gasteiger partial charge in [0, 0.05) is 12.6 Å². The number of aromatic nitrogens is 2. The summed E-state index contributed by atoms with van der Waals surface area (Å²) in [5.74, 6) is -1.44. The molecule has 0 aliphatic rings. The summed E-state index contributed by atoms with van der Waals surface area (Å²) in [5.41, 5.74) is 1.39. The van der Waals surface area contributed by atoms with Crippen molar-refractivity contribution >= 4 is 11.8 Å². The van der Waals surface area contributed by atoms with Crippen molar-refractivity contribution in [1.29, 1.82) is 0 Å². The third-order valence-corrected chi connectivity index (χ3v) is 3.19. The van der Waals surface area contributed by atoms with Gasteiger partial charge in [-0.1, -0.05) is 30.3 Å². The number of rotatable bonds is 5. The van der Waals surface area contributed by atoms with E-state index in [9.17, 15) is 22.8 Å². The van der Waals surface area contributed by atoms with Crippen molar-refractivity contribution in [3.63, 3.8) is 0 Å². The number of alkyl halides is 3. The Hall–Kier alpha value is -2.84. The van der Waals surface area contributed by atoms with Crippen LogP contribution in [-0.4, -0.2) is 53.2 Å². The van der Waals surface area contributed by atoms with Gasteiger partial charge in [-0.3, -0.25) is 14.7 Å². The van der Waals surface area contributed by atoms with E-state index in [1.165, 1.54) is 6.20 Å². The first-order chi connectivity index (χ1) is 11.3. The molecule has 1 aromatic carbocycles. The van der Waals surface area contributed by atoms with E-state index in [1.54, 1.807) is 24.3 Å². The maximum absolute atomic E-state index is 12.2. The second-order valence-corrected chi connectivity index (χ2v) is 5.07. The lowest BCUT2D eigenvalue weighted by Crippen LogP contribution is -2.42. The molecular weight excluding hydrogens is 325 g/mol. The molecular formula is C15H15F3N4O2. The fourth-order valence-corrected chi connectivity index (χ4v) is 2.03. The monoisotopic (exact) mass is 340 g/mol. The minimum Gasteiger partial charge on any atom is -0.343 e. The SMILES string of the molecule is CN(CC(F)(F)F)C(=O)CNC(=O)c1cn[nH]c1-c1ccccc1. The summed E-state index contributed by atoms with van der Waals surface area (Å²) in [6, 6.07) is 8.93. The molecule has 0 bridgehead atoms. The number of aromatic amines is 1. The standard InChI is InChI=1S/C15H15F3N4O2/c1-22(9-15(16,17)18)12(23)8-19-14(24)11-7-20-21-13(11)10-5-3-2-4-6-10/h2-7H,8-9H2,1H3,(H,19,24)(H,20,21). The number of carbonyl (C=O) groups excluding carboxylic acids is 2. The number of carbonyl (C=O) groups is 2. The van der Waals surface area contributed by atoms with Gasteiger partial charge in [-0.25, -0.2) is 0 Å². The van der Waals surface area contributed by atoms with Gasteiger partial charge in [0.2, 0.25) is 5.91 Å². The number of nitrogens with zero attached hydrogens (tertiary/aromatic N) is 2. The number of hydrogen-bond donors (Lipinski definition) is 2. The Kier molecular flexibility index (Phi) is 5.22. The minimum absolute atomic E-state index is 0.201. The van der Waals surface area contributed by atoms with E-state index in [2.05, 4.69) is 15.5 Å². The molecule has 6 nitrogen and oxygen atoms in total. The van der Waals surface area contributed by atoms with Crippen LogP contribution in [0.3, 0.4) is 0 Å². The average Bonchev–Trinajstić information content (AvgIpc) is 3.01. The number of likely N-dealkylation sites (N-methyl/N-ethyl adjacent to an activating group) is 1. The number of benzene rings is 1. The van der Waals surface area contributed by atoms with Crippen molar-refractivity contribution in [3.05, 3.63) is 42.1 Å². The molecule has 0 aliphatic carbocycles. The Balaban J connectivity index is 1.99. The van der Waals surface area contributed by atoms with E-state index < -0.39 is 31.1 Å². The topological polar surface area (TPSA) is 78.1 Å². The van der Waals surface area contributed by atoms with Crippen LogP contribution in [0.15, 0.2) is 36.5 Å². The predicted molar refractivity (Wildman–Crippen MR) is 80.0 cm³/mol. The van der Waals surface area contributed by atoms with Crippen LogP contribution in [0, 0.1) is 0 Å². The highest BCUT2D eigenvalue weighted by Crippen LogP contribution is 2.20. The summed E-state index contributed by atoms with van der Waals surface area (Å²) in [4.78, 5) is 24.3. The first-order valence-electron chi connectivity index (χ1n) is 6.95. The van der Waals surface area contributed by atoms with Crippen LogP contribution in [0.4, 0.5) is 13.2 Å². The molecule has 24 heavy (non-hydrogen) atoms. The van der Waals surface area contributed by atoms with Gasteiger partial charge < -0.3 is 10.2 Å². The molecule has 0 spiro atoms. The number of hydrogen-bond acceptors (Lipinski definition) is 3. The lowest BCUT2D eigenvalue weighted by Gasteiger charge is -2.19. The van der Waals surface area contributed by atoms with Crippen molar-refractivity contribution < 1.29 is 22.8 Å². The smallest absolute Gasteiger partial charge is 0.343 e. The number of halogens is 3. The van der Waals surface area contributed by atoms with Crippen molar-refractivity contribution in [1.82, 2.24) is 20.4 Å². The first-order valence-corrected chi connectivity index (χ1v) is 6.95. The summed E-state index contributed by atoms with van der Waals surface area (Å²) in [5, 5.41) is 8.79. The highest BCUT2D eigenvalue weighted by Gasteiger charge is 2.31. The van der Waals surface area contributed by atoms with Crippen molar-refractivity contribution in [2.24, 2.45) is 0 Å². The summed E-state index contributed by atoms with van der Waals surface area (Å²) in [6.07, 6.45) is -3.19. The van der Waals surface area contributed by atoms with E-state index in [-0.39, 0.29) is 5.56 Å². The predicted octanol–water partition coefficient (Wildman–Crippen LogP) is 1.83. The Morgan fingerprint density at radius 3 is 2.54 bits per heavy atom. The van der Waals surface area contributed by atoms with Crippen LogP contribution in [0.1, 0.15) is 10.4 Å². The second kappa shape index (κ2) is 7.16. The van der Waals surface area contributed by atoms with Crippen molar-refractivity contribution in [3.8, 4) is 11.3 Å². The first kappa shape index (κ1) is 17.5. The largest absolute Gasteiger partial charge is 0.406 e. The van der Waals surface area contributed by atoms with Gasteiger partial charge >= 0.3 is 6.18 Å². The third-order valence-electron chi connectivity index (χ3n) is 3.19. The Morgan fingerprint density at radius 1 is 1.25 bits per heavy atom. The molecule has 0 saturated carbocycles. The summed E-state index contributed by atoms with van der Waals surface area (Å²) < 4.78 is 36.7. The highest BCUT2D eigenvalue weighted by atomic mass is 19.4. The van der Waals surface area contributed by atoms with Gasteiger partial charge in [0.25, 0.3) is 5.91 Å². The number of nitrogens with one attached hydrogen (secondary N) is 2. The minimum atomic E-state index is -4.49. The molecule has 0 saturated heterocycles.